The molecule has 31 heavy (non-hydrogen) atoms. The van der Waals surface area contributed by atoms with Gasteiger partial charge in [0.15, 0.2) is 0 Å². The van der Waals surface area contributed by atoms with E-state index in [0.29, 0.717) is 36.6 Å². The van der Waals surface area contributed by atoms with E-state index < -0.39 is 0 Å². The molecular formula is C25H30N2O4. The molecule has 0 radical (unpaired) electrons. The van der Waals surface area contributed by atoms with Crippen molar-refractivity contribution in [2.75, 3.05) is 25.6 Å². The van der Waals surface area contributed by atoms with Crippen molar-refractivity contribution in [1.82, 2.24) is 4.90 Å². The van der Waals surface area contributed by atoms with Gasteiger partial charge in [-0.25, -0.2) is 0 Å². The molecule has 0 bridgehead atoms. The summed E-state index contributed by atoms with van der Waals surface area (Å²) in [4.78, 5) is 28.0. The lowest BCUT2D eigenvalue weighted by Crippen LogP contribution is -2.34. The fraction of sp³-hybridized carbons (Fsp3) is 0.360. The minimum Gasteiger partial charge on any atom is -0.495 e. The molecule has 164 valence electrons. The second-order valence-electron chi connectivity index (χ2n) is 7.93. The number of methoxy groups -OCH3 is 1. The van der Waals surface area contributed by atoms with Crippen molar-refractivity contribution in [2.24, 2.45) is 0 Å². The van der Waals surface area contributed by atoms with E-state index >= 15 is 0 Å². The largest absolute Gasteiger partial charge is 0.495 e. The molecule has 0 aliphatic carbocycles. The van der Waals surface area contributed by atoms with Crippen molar-refractivity contribution in [3.63, 3.8) is 0 Å². The molecule has 6 nitrogen and oxygen atoms in total. The summed E-state index contributed by atoms with van der Waals surface area (Å²) >= 11 is 0. The highest BCUT2D eigenvalue weighted by Gasteiger charge is 2.39. The zero-order valence-corrected chi connectivity index (χ0v) is 18.8. The van der Waals surface area contributed by atoms with E-state index in [1.165, 1.54) is 4.90 Å². The number of carbonyl (C=O) groups is 2. The van der Waals surface area contributed by atoms with Gasteiger partial charge in [0.1, 0.15) is 11.4 Å². The molecule has 2 amide bonds. The number of para-hydroxylation sites is 2. The van der Waals surface area contributed by atoms with Crippen LogP contribution in [0.15, 0.2) is 48.2 Å². The quantitative estimate of drug-likeness (QED) is 0.482. The van der Waals surface area contributed by atoms with E-state index in [9.17, 15) is 9.59 Å². The van der Waals surface area contributed by atoms with Crippen LogP contribution in [0.1, 0.15) is 37.0 Å². The number of imide groups is 1. The second-order valence-corrected chi connectivity index (χ2v) is 7.93. The van der Waals surface area contributed by atoms with E-state index in [1.807, 2.05) is 70.2 Å². The van der Waals surface area contributed by atoms with Crippen molar-refractivity contribution in [3.05, 3.63) is 64.9 Å². The van der Waals surface area contributed by atoms with Crippen LogP contribution in [0.4, 0.5) is 5.69 Å². The normalized spacial score (nSPS) is 14.1. The smallest absolute Gasteiger partial charge is 0.278 e. The van der Waals surface area contributed by atoms with Crippen molar-refractivity contribution < 1.29 is 19.1 Å². The molecule has 1 aliphatic heterocycles. The van der Waals surface area contributed by atoms with E-state index in [2.05, 4.69) is 5.32 Å². The minimum atomic E-state index is -0.338. The van der Waals surface area contributed by atoms with Gasteiger partial charge in [-0.2, -0.15) is 0 Å². The average molecular weight is 423 g/mol. The molecule has 2 aromatic carbocycles. The summed E-state index contributed by atoms with van der Waals surface area (Å²) in [5.74, 6) is -0.0339. The Balaban J connectivity index is 1.98. The van der Waals surface area contributed by atoms with Crippen LogP contribution in [0.25, 0.3) is 5.57 Å². The van der Waals surface area contributed by atoms with Gasteiger partial charge in [0.25, 0.3) is 11.8 Å². The number of hydrogen-bond acceptors (Lipinski definition) is 5. The van der Waals surface area contributed by atoms with Crippen LogP contribution in [0.2, 0.25) is 0 Å². The van der Waals surface area contributed by atoms with Crippen molar-refractivity contribution in [1.29, 1.82) is 0 Å². The van der Waals surface area contributed by atoms with Crippen LogP contribution in [0, 0.1) is 13.8 Å². The summed E-state index contributed by atoms with van der Waals surface area (Å²) in [6.45, 7) is 8.66. The number of benzene rings is 2. The Labute approximate surface area is 183 Å². The standard InChI is InChI=1S/C25H30N2O4/c1-16(2)31-14-8-13-27-24(28)22(19-12-11-17(3)15-18(19)4)23(25(27)29)26-20-9-6-7-10-21(20)30-5/h6-7,9-12,15-16,26H,8,13-14H2,1-5H3. The molecule has 0 atom stereocenters. The Morgan fingerprint density at radius 3 is 2.45 bits per heavy atom. The molecule has 0 fully saturated rings. The number of anilines is 1. The van der Waals surface area contributed by atoms with Crippen molar-refractivity contribution in [2.45, 2.75) is 40.2 Å². The van der Waals surface area contributed by atoms with Crippen LogP contribution in [0.5, 0.6) is 5.75 Å². The highest BCUT2D eigenvalue weighted by molar-refractivity contribution is 6.36. The van der Waals surface area contributed by atoms with E-state index in [-0.39, 0.29) is 23.6 Å². The third-order valence-corrected chi connectivity index (χ3v) is 5.16. The maximum absolute atomic E-state index is 13.4. The van der Waals surface area contributed by atoms with Gasteiger partial charge in [-0.15, -0.1) is 0 Å². The maximum atomic E-state index is 13.4. The Kier molecular flexibility index (Phi) is 7.13. The van der Waals surface area contributed by atoms with Crippen LogP contribution in [-0.4, -0.2) is 43.1 Å². The molecule has 0 unspecified atom stereocenters. The first kappa shape index (κ1) is 22.6. The van der Waals surface area contributed by atoms with Crippen LogP contribution in [0.3, 0.4) is 0 Å². The summed E-state index contributed by atoms with van der Waals surface area (Å²) < 4.78 is 11.0. The Morgan fingerprint density at radius 2 is 1.77 bits per heavy atom. The van der Waals surface area contributed by atoms with E-state index in [1.54, 1.807) is 7.11 Å². The summed E-state index contributed by atoms with van der Waals surface area (Å²) in [6.07, 6.45) is 0.689. The number of hydrogen-bond donors (Lipinski definition) is 1. The number of nitrogens with one attached hydrogen (secondary N) is 1. The molecule has 1 heterocycles. The highest BCUT2D eigenvalue weighted by Crippen LogP contribution is 2.34. The third-order valence-electron chi connectivity index (χ3n) is 5.16. The number of ether oxygens (including phenoxy) is 2. The molecule has 3 rings (SSSR count). The first-order valence-corrected chi connectivity index (χ1v) is 10.5. The molecule has 6 heteroatoms. The lowest BCUT2D eigenvalue weighted by atomic mass is 9.97. The van der Waals surface area contributed by atoms with Gasteiger partial charge in [-0.1, -0.05) is 35.9 Å². The average Bonchev–Trinajstić information content (AvgIpc) is 2.95. The minimum absolute atomic E-state index is 0.108. The fourth-order valence-electron chi connectivity index (χ4n) is 3.66. The molecule has 0 saturated carbocycles. The summed E-state index contributed by atoms with van der Waals surface area (Å²) in [5, 5.41) is 3.18. The number of aryl methyl sites for hydroxylation is 2. The maximum Gasteiger partial charge on any atom is 0.278 e. The lowest BCUT2D eigenvalue weighted by molar-refractivity contribution is -0.137. The first-order chi connectivity index (χ1) is 14.8. The second kappa shape index (κ2) is 9.79. The van der Waals surface area contributed by atoms with Crippen LogP contribution >= 0.6 is 0 Å². The fourth-order valence-corrected chi connectivity index (χ4v) is 3.66. The topological polar surface area (TPSA) is 67.9 Å². The van der Waals surface area contributed by atoms with E-state index in [0.717, 1.165) is 16.7 Å². The van der Waals surface area contributed by atoms with Gasteiger partial charge >= 0.3 is 0 Å². The van der Waals surface area contributed by atoms with Gasteiger partial charge in [-0.05, 0) is 57.4 Å². The third kappa shape index (κ3) is 4.97. The summed E-state index contributed by atoms with van der Waals surface area (Å²) in [5.41, 5.74) is 4.08. The Hall–Kier alpha value is -3.12. The van der Waals surface area contributed by atoms with Crippen LogP contribution in [-0.2, 0) is 14.3 Å². The zero-order valence-electron chi connectivity index (χ0n) is 18.8. The number of carbonyl (C=O) groups excluding carboxylic acids is 2. The molecular weight excluding hydrogens is 392 g/mol. The first-order valence-electron chi connectivity index (χ1n) is 10.5. The predicted octanol–water partition coefficient (Wildman–Crippen LogP) is 4.32. The Bertz CT molecular complexity index is 1010. The molecule has 1 N–H and O–H groups in total. The van der Waals surface area contributed by atoms with Crippen molar-refractivity contribution >= 4 is 23.1 Å². The van der Waals surface area contributed by atoms with Crippen molar-refractivity contribution in [3.8, 4) is 5.75 Å². The van der Waals surface area contributed by atoms with Crippen LogP contribution < -0.4 is 10.1 Å². The highest BCUT2D eigenvalue weighted by atomic mass is 16.5. The molecule has 2 aromatic rings. The summed E-state index contributed by atoms with van der Waals surface area (Å²) in [6, 6.07) is 13.2. The zero-order chi connectivity index (χ0) is 22.5. The number of nitrogens with zero attached hydrogens (tertiary/aromatic N) is 1. The SMILES string of the molecule is COc1ccccc1NC1=C(c2ccc(C)cc2C)C(=O)N(CCCOC(C)C)C1=O. The molecule has 0 saturated heterocycles. The molecule has 0 aromatic heterocycles. The van der Waals surface area contributed by atoms with Gasteiger partial charge in [0.2, 0.25) is 0 Å². The Morgan fingerprint density at radius 1 is 1.03 bits per heavy atom. The summed E-state index contributed by atoms with van der Waals surface area (Å²) in [7, 11) is 1.57. The molecule has 0 spiro atoms. The monoisotopic (exact) mass is 422 g/mol. The number of rotatable bonds is 9. The van der Waals surface area contributed by atoms with Gasteiger partial charge in [-0.3, -0.25) is 14.5 Å². The van der Waals surface area contributed by atoms with Gasteiger partial charge in [0.05, 0.1) is 24.5 Å². The number of amides is 2. The predicted molar refractivity (Wildman–Crippen MR) is 122 cm³/mol. The lowest BCUT2D eigenvalue weighted by Gasteiger charge is -2.16. The van der Waals surface area contributed by atoms with Gasteiger partial charge < -0.3 is 14.8 Å². The van der Waals surface area contributed by atoms with E-state index in [4.69, 9.17) is 9.47 Å². The van der Waals surface area contributed by atoms with Gasteiger partial charge in [0, 0.05) is 13.2 Å². The molecule has 1 aliphatic rings.